The van der Waals surface area contributed by atoms with Crippen LogP contribution in [0.15, 0.2) is 0 Å². The highest BCUT2D eigenvalue weighted by Crippen LogP contribution is 2.07. The molecule has 1 heterocycles. The Bertz CT molecular complexity index is 135. The van der Waals surface area contributed by atoms with Crippen molar-refractivity contribution in [1.82, 2.24) is 5.32 Å². The maximum atomic E-state index is 9.43. The molecule has 0 aromatic heterocycles. The number of hydrogen-bond donors (Lipinski definition) is 2. The van der Waals surface area contributed by atoms with Crippen LogP contribution in [0, 0.1) is 0 Å². The topological polar surface area (TPSA) is 50.7 Å². The second-order valence-corrected chi connectivity index (χ2v) is 3.76. The molecule has 0 bridgehead atoms. The lowest BCUT2D eigenvalue weighted by Gasteiger charge is -2.18. The van der Waals surface area contributed by atoms with Gasteiger partial charge in [0.1, 0.15) is 0 Å². The number of hydrogen-bond acceptors (Lipinski definition) is 4. The molecule has 4 heteroatoms. The van der Waals surface area contributed by atoms with E-state index in [1.165, 1.54) is 0 Å². The third-order valence-corrected chi connectivity index (χ3v) is 2.45. The molecule has 1 rings (SSSR count). The first-order valence-corrected chi connectivity index (χ1v) is 5.31. The highest BCUT2D eigenvalue weighted by Gasteiger charge is 2.13. The van der Waals surface area contributed by atoms with Gasteiger partial charge in [0.05, 0.1) is 12.7 Å². The van der Waals surface area contributed by atoms with Crippen molar-refractivity contribution >= 4 is 0 Å². The molecule has 14 heavy (non-hydrogen) atoms. The largest absolute Gasteiger partial charge is 0.389 e. The van der Waals surface area contributed by atoms with Crippen LogP contribution in [0.1, 0.15) is 19.3 Å². The van der Waals surface area contributed by atoms with Crippen molar-refractivity contribution in [3.63, 3.8) is 0 Å². The Morgan fingerprint density at radius 2 is 2.36 bits per heavy atom. The summed E-state index contributed by atoms with van der Waals surface area (Å²) in [4.78, 5) is 0. The number of aliphatic hydroxyl groups excluding tert-OH is 1. The van der Waals surface area contributed by atoms with E-state index in [0.29, 0.717) is 19.2 Å². The minimum absolute atomic E-state index is 0.399. The van der Waals surface area contributed by atoms with Crippen molar-refractivity contribution in [1.29, 1.82) is 0 Å². The molecule has 0 spiro atoms. The van der Waals surface area contributed by atoms with E-state index in [1.54, 1.807) is 7.11 Å². The highest BCUT2D eigenvalue weighted by atomic mass is 16.5. The summed E-state index contributed by atoms with van der Waals surface area (Å²) in [5.41, 5.74) is 0. The van der Waals surface area contributed by atoms with E-state index in [4.69, 9.17) is 9.47 Å². The molecule has 0 aromatic carbocycles. The van der Waals surface area contributed by atoms with Crippen LogP contribution in [-0.2, 0) is 9.47 Å². The van der Waals surface area contributed by atoms with Crippen LogP contribution in [0.3, 0.4) is 0 Å². The number of ether oxygens (including phenoxy) is 2. The fourth-order valence-electron chi connectivity index (χ4n) is 1.66. The minimum Gasteiger partial charge on any atom is -0.389 e. The number of rotatable bonds is 5. The highest BCUT2D eigenvalue weighted by molar-refractivity contribution is 4.71. The normalized spacial score (nSPS) is 25.7. The fourth-order valence-corrected chi connectivity index (χ4v) is 1.66. The monoisotopic (exact) mass is 203 g/mol. The van der Waals surface area contributed by atoms with E-state index in [1.807, 2.05) is 0 Å². The predicted octanol–water partition coefficient (Wildman–Crippen LogP) is 0.152. The first-order chi connectivity index (χ1) is 6.83. The molecule has 2 unspecified atom stereocenters. The Morgan fingerprint density at radius 1 is 1.50 bits per heavy atom. The predicted molar refractivity (Wildman–Crippen MR) is 54.3 cm³/mol. The van der Waals surface area contributed by atoms with E-state index >= 15 is 0 Å². The van der Waals surface area contributed by atoms with Crippen LogP contribution in [-0.4, -0.2) is 50.7 Å². The van der Waals surface area contributed by atoms with Crippen molar-refractivity contribution in [2.75, 3.05) is 33.5 Å². The quantitative estimate of drug-likeness (QED) is 0.668. The molecule has 84 valence electrons. The van der Waals surface area contributed by atoms with Crippen molar-refractivity contribution in [3.8, 4) is 0 Å². The third-order valence-electron chi connectivity index (χ3n) is 2.45. The van der Waals surface area contributed by atoms with Crippen molar-refractivity contribution < 1.29 is 14.6 Å². The molecule has 0 saturated carbocycles. The molecular formula is C10H21NO3. The summed E-state index contributed by atoms with van der Waals surface area (Å²) in [7, 11) is 1.60. The van der Waals surface area contributed by atoms with Gasteiger partial charge in [-0.05, 0) is 19.3 Å². The minimum atomic E-state index is -0.399. The molecule has 0 aliphatic carbocycles. The van der Waals surface area contributed by atoms with Crippen LogP contribution in [0.2, 0.25) is 0 Å². The van der Waals surface area contributed by atoms with E-state index in [9.17, 15) is 5.11 Å². The van der Waals surface area contributed by atoms with E-state index in [2.05, 4.69) is 5.32 Å². The summed E-state index contributed by atoms with van der Waals surface area (Å²) in [5, 5.41) is 12.8. The maximum absolute atomic E-state index is 9.43. The zero-order valence-corrected chi connectivity index (χ0v) is 8.87. The van der Waals surface area contributed by atoms with Gasteiger partial charge < -0.3 is 19.9 Å². The third kappa shape index (κ3) is 4.91. The molecular weight excluding hydrogens is 182 g/mol. The molecule has 0 aromatic rings. The van der Waals surface area contributed by atoms with E-state index < -0.39 is 6.10 Å². The van der Waals surface area contributed by atoms with Crippen LogP contribution >= 0.6 is 0 Å². The zero-order valence-electron chi connectivity index (χ0n) is 8.87. The van der Waals surface area contributed by atoms with Crippen LogP contribution in [0.4, 0.5) is 0 Å². The Kier molecular flexibility index (Phi) is 6.10. The average molecular weight is 203 g/mol. The van der Waals surface area contributed by atoms with Gasteiger partial charge in [0.15, 0.2) is 0 Å². The molecule has 1 fully saturated rings. The smallest absolute Gasteiger partial charge is 0.0897 e. The zero-order chi connectivity index (χ0) is 10.2. The van der Waals surface area contributed by atoms with E-state index in [-0.39, 0.29) is 0 Å². The van der Waals surface area contributed by atoms with Crippen LogP contribution in [0.25, 0.3) is 0 Å². The SMILES string of the molecule is COCC(O)CNC1CCCOCC1. The van der Waals surface area contributed by atoms with Crippen LogP contribution < -0.4 is 5.32 Å². The Hall–Kier alpha value is -0.160. The first-order valence-electron chi connectivity index (χ1n) is 5.31. The molecule has 1 aliphatic rings. The summed E-state index contributed by atoms with van der Waals surface area (Å²) < 4.78 is 10.2. The Morgan fingerprint density at radius 3 is 3.14 bits per heavy atom. The van der Waals surface area contributed by atoms with Crippen molar-refractivity contribution in [2.24, 2.45) is 0 Å². The van der Waals surface area contributed by atoms with Gasteiger partial charge in [-0.3, -0.25) is 0 Å². The van der Waals surface area contributed by atoms with Gasteiger partial charge in [0, 0.05) is 32.9 Å². The molecule has 2 N–H and O–H groups in total. The Balaban J connectivity index is 2.09. The summed E-state index contributed by atoms with van der Waals surface area (Å²) in [6.07, 6.45) is 2.89. The Labute approximate surface area is 85.6 Å². The van der Waals surface area contributed by atoms with Gasteiger partial charge in [-0.2, -0.15) is 0 Å². The van der Waals surface area contributed by atoms with Crippen molar-refractivity contribution in [3.05, 3.63) is 0 Å². The molecule has 4 nitrogen and oxygen atoms in total. The lowest BCUT2D eigenvalue weighted by Crippen LogP contribution is -2.37. The molecule has 1 aliphatic heterocycles. The average Bonchev–Trinajstić information content (AvgIpc) is 2.43. The molecule has 2 atom stereocenters. The molecule has 1 saturated heterocycles. The van der Waals surface area contributed by atoms with E-state index in [0.717, 1.165) is 32.5 Å². The number of aliphatic hydroxyl groups is 1. The molecule has 0 radical (unpaired) electrons. The second kappa shape index (κ2) is 7.17. The van der Waals surface area contributed by atoms with Crippen LogP contribution in [0.5, 0.6) is 0 Å². The summed E-state index contributed by atoms with van der Waals surface area (Å²) in [5.74, 6) is 0. The van der Waals surface area contributed by atoms with Gasteiger partial charge in [-0.25, -0.2) is 0 Å². The lowest BCUT2D eigenvalue weighted by atomic mass is 10.1. The van der Waals surface area contributed by atoms with Gasteiger partial charge in [0.25, 0.3) is 0 Å². The van der Waals surface area contributed by atoms with Crippen molar-refractivity contribution in [2.45, 2.75) is 31.4 Å². The number of methoxy groups -OCH3 is 1. The maximum Gasteiger partial charge on any atom is 0.0897 e. The number of nitrogens with one attached hydrogen (secondary N) is 1. The summed E-state index contributed by atoms with van der Waals surface area (Å²) in [6.45, 7) is 2.71. The van der Waals surface area contributed by atoms with Gasteiger partial charge in [0.2, 0.25) is 0 Å². The summed E-state index contributed by atoms with van der Waals surface area (Å²) >= 11 is 0. The van der Waals surface area contributed by atoms with Gasteiger partial charge in [-0.1, -0.05) is 0 Å². The van der Waals surface area contributed by atoms with Gasteiger partial charge >= 0.3 is 0 Å². The van der Waals surface area contributed by atoms with Gasteiger partial charge in [-0.15, -0.1) is 0 Å². The molecule has 0 amide bonds. The summed E-state index contributed by atoms with van der Waals surface area (Å²) in [6, 6.07) is 0.490. The fraction of sp³-hybridized carbons (Fsp3) is 1.00. The second-order valence-electron chi connectivity index (χ2n) is 3.76. The first kappa shape index (κ1) is 11.9. The lowest BCUT2D eigenvalue weighted by molar-refractivity contribution is 0.0620. The standard InChI is InChI=1S/C10H21NO3/c1-13-8-10(12)7-11-9-3-2-5-14-6-4-9/h9-12H,2-8H2,1H3.